The number of hydrogen-bond donors (Lipinski definition) is 1. The van der Waals surface area contributed by atoms with Crippen LogP contribution in [0.2, 0.25) is 0 Å². The van der Waals surface area contributed by atoms with Crippen LogP contribution in [-0.4, -0.2) is 45.0 Å². The molecule has 2 bridgehead atoms. The largest absolute Gasteiger partial charge is 0.494 e. The zero-order chi connectivity index (χ0) is 15.9. The number of benzene rings is 1. The number of hydrogen-bond acceptors (Lipinski definition) is 4. The summed E-state index contributed by atoms with van der Waals surface area (Å²) in [5.41, 5.74) is 0.113. The molecule has 2 aliphatic rings. The minimum absolute atomic E-state index is 0. The fraction of sp³-hybridized carbons (Fsp3) is 0.600. The van der Waals surface area contributed by atoms with Crippen LogP contribution in [-0.2, 0) is 10.0 Å². The normalized spacial score (nSPS) is 24.8. The van der Waals surface area contributed by atoms with Crippen molar-refractivity contribution in [1.82, 2.24) is 9.62 Å². The molecular weight excluding hydrogens is 343 g/mol. The molecule has 2 heterocycles. The van der Waals surface area contributed by atoms with E-state index in [1.165, 1.54) is 30.5 Å². The van der Waals surface area contributed by atoms with E-state index < -0.39 is 15.8 Å². The standard InChI is InChI=1S/C15H21FN2O3S.ClH/c1-10-14(6-5-13(21-2)15(10)16)22(19,20)18-8-7-11-3-4-12(9-18)17-11;/h5-6,11-12,17H,3-4,7-9H2,1-2H3;1H. The molecule has 2 aliphatic heterocycles. The summed E-state index contributed by atoms with van der Waals surface area (Å²) in [7, 11) is -2.32. The summed E-state index contributed by atoms with van der Waals surface area (Å²) in [4.78, 5) is 0.0311. The molecule has 0 amide bonds. The van der Waals surface area contributed by atoms with E-state index in [2.05, 4.69) is 5.32 Å². The molecule has 23 heavy (non-hydrogen) atoms. The molecule has 0 saturated carbocycles. The highest BCUT2D eigenvalue weighted by Gasteiger charge is 2.36. The van der Waals surface area contributed by atoms with E-state index in [-0.39, 0.29) is 34.7 Å². The number of nitrogens with zero attached hydrogens (tertiary/aromatic N) is 1. The topological polar surface area (TPSA) is 58.6 Å². The predicted molar refractivity (Wildman–Crippen MR) is 88.3 cm³/mol. The van der Waals surface area contributed by atoms with Gasteiger partial charge >= 0.3 is 0 Å². The Balaban J connectivity index is 0.00000192. The van der Waals surface area contributed by atoms with Crippen molar-refractivity contribution in [3.05, 3.63) is 23.5 Å². The molecule has 0 spiro atoms. The van der Waals surface area contributed by atoms with Crippen molar-refractivity contribution >= 4 is 22.4 Å². The van der Waals surface area contributed by atoms with E-state index in [0.29, 0.717) is 19.1 Å². The minimum atomic E-state index is -3.69. The second-order valence-corrected chi connectivity index (χ2v) is 7.90. The Labute approximate surface area is 142 Å². The molecule has 130 valence electrons. The molecular formula is C15H22ClFN2O3S. The summed E-state index contributed by atoms with van der Waals surface area (Å²) in [6.45, 7) is 2.41. The average molecular weight is 365 g/mol. The first kappa shape index (κ1) is 18.4. The smallest absolute Gasteiger partial charge is 0.243 e. The number of rotatable bonds is 3. The highest BCUT2D eigenvalue weighted by Crippen LogP contribution is 2.30. The Morgan fingerprint density at radius 2 is 1.96 bits per heavy atom. The van der Waals surface area contributed by atoms with Gasteiger partial charge in [-0.15, -0.1) is 12.4 Å². The molecule has 0 aliphatic carbocycles. The molecule has 2 unspecified atom stereocenters. The Kier molecular flexibility index (Phi) is 5.56. The zero-order valence-electron chi connectivity index (χ0n) is 13.2. The van der Waals surface area contributed by atoms with E-state index in [4.69, 9.17) is 4.74 Å². The van der Waals surface area contributed by atoms with Crippen molar-refractivity contribution in [2.24, 2.45) is 0 Å². The van der Waals surface area contributed by atoms with Crippen molar-refractivity contribution in [3.63, 3.8) is 0 Å². The van der Waals surface area contributed by atoms with E-state index >= 15 is 0 Å². The first-order valence-corrected chi connectivity index (χ1v) is 8.96. The lowest BCUT2D eigenvalue weighted by Gasteiger charge is -2.24. The maximum absolute atomic E-state index is 14.2. The van der Waals surface area contributed by atoms with Gasteiger partial charge in [-0.2, -0.15) is 4.31 Å². The predicted octanol–water partition coefficient (Wildman–Crippen LogP) is 2.08. The second kappa shape index (κ2) is 6.93. The highest BCUT2D eigenvalue weighted by molar-refractivity contribution is 7.89. The molecule has 3 rings (SSSR count). The van der Waals surface area contributed by atoms with E-state index in [1.807, 2.05) is 0 Å². The summed E-state index contributed by atoms with van der Waals surface area (Å²) in [5, 5.41) is 3.45. The van der Waals surface area contributed by atoms with Crippen LogP contribution in [0.4, 0.5) is 4.39 Å². The molecule has 5 nitrogen and oxygen atoms in total. The van der Waals surface area contributed by atoms with Gasteiger partial charge in [0.1, 0.15) is 0 Å². The lowest BCUT2D eigenvalue weighted by atomic mass is 10.1. The quantitative estimate of drug-likeness (QED) is 0.892. The third-order valence-corrected chi connectivity index (χ3v) is 6.63. The van der Waals surface area contributed by atoms with Crippen LogP contribution < -0.4 is 10.1 Å². The van der Waals surface area contributed by atoms with Crippen LogP contribution in [0.1, 0.15) is 24.8 Å². The molecule has 2 atom stereocenters. The summed E-state index contributed by atoms with van der Waals surface area (Å²) < 4.78 is 46.3. The Hall–Kier alpha value is -0.890. The van der Waals surface area contributed by atoms with E-state index in [0.717, 1.165) is 19.3 Å². The Bertz CT molecular complexity index is 684. The average Bonchev–Trinajstić information content (AvgIpc) is 2.80. The molecule has 2 saturated heterocycles. The van der Waals surface area contributed by atoms with Crippen LogP contribution >= 0.6 is 12.4 Å². The summed E-state index contributed by atoms with van der Waals surface area (Å²) >= 11 is 0. The lowest BCUT2D eigenvalue weighted by molar-refractivity contribution is 0.377. The lowest BCUT2D eigenvalue weighted by Crippen LogP contribution is -2.39. The van der Waals surface area contributed by atoms with Crippen LogP contribution in [0.5, 0.6) is 5.75 Å². The summed E-state index contributed by atoms with van der Waals surface area (Å²) in [6.07, 6.45) is 2.90. The van der Waals surface area contributed by atoms with Crippen molar-refractivity contribution in [2.75, 3.05) is 20.2 Å². The number of halogens is 2. The summed E-state index contributed by atoms with van der Waals surface area (Å²) in [6, 6.07) is 3.41. The molecule has 1 aromatic rings. The van der Waals surface area contributed by atoms with Gasteiger partial charge in [0.15, 0.2) is 11.6 Å². The van der Waals surface area contributed by atoms with Crippen molar-refractivity contribution in [1.29, 1.82) is 0 Å². The van der Waals surface area contributed by atoms with Gasteiger partial charge in [0.05, 0.1) is 12.0 Å². The van der Waals surface area contributed by atoms with Crippen molar-refractivity contribution in [3.8, 4) is 5.75 Å². The third kappa shape index (κ3) is 3.33. The molecule has 8 heteroatoms. The molecule has 0 radical (unpaired) electrons. The van der Waals surface area contributed by atoms with Crippen LogP contribution in [0.3, 0.4) is 0 Å². The first-order valence-electron chi connectivity index (χ1n) is 7.52. The Morgan fingerprint density at radius 3 is 2.65 bits per heavy atom. The van der Waals surface area contributed by atoms with Crippen LogP contribution in [0, 0.1) is 12.7 Å². The molecule has 1 aromatic carbocycles. The van der Waals surface area contributed by atoms with E-state index in [9.17, 15) is 12.8 Å². The number of nitrogens with one attached hydrogen (secondary N) is 1. The number of fused-ring (bicyclic) bond motifs is 2. The number of methoxy groups -OCH3 is 1. The maximum atomic E-state index is 14.2. The van der Waals surface area contributed by atoms with Crippen LogP contribution in [0.15, 0.2) is 17.0 Å². The third-order valence-electron chi connectivity index (χ3n) is 4.62. The van der Waals surface area contributed by atoms with Crippen molar-refractivity contribution < 1.29 is 17.5 Å². The van der Waals surface area contributed by atoms with Gasteiger partial charge in [-0.05, 0) is 38.3 Å². The van der Waals surface area contributed by atoms with Crippen molar-refractivity contribution in [2.45, 2.75) is 43.2 Å². The van der Waals surface area contributed by atoms with Gasteiger partial charge in [-0.1, -0.05) is 0 Å². The highest BCUT2D eigenvalue weighted by atomic mass is 35.5. The Morgan fingerprint density at radius 1 is 1.26 bits per heavy atom. The van der Waals surface area contributed by atoms with E-state index in [1.54, 1.807) is 0 Å². The van der Waals surface area contributed by atoms with Gasteiger partial charge in [0.25, 0.3) is 0 Å². The zero-order valence-corrected chi connectivity index (χ0v) is 14.8. The minimum Gasteiger partial charge on any atom is -0.494 e. The molecule has 1 N–H and O–H groups in total. The number of sulfonamides is 1. The monoisotopic (exact) mass is 364 g/mol. The molecule has 0 aromatic heterocycles. The van der Waals surface area contributed by atoms with Gasteiger partial charge in [0, 0.05) is 30.7 Å². The maximum Gasteiger partial charge on any atom is 0.243 e. The molecule has 2 fully saturated rings. The fourth-order valence-electron chi connectivity index (χ4n) is 3.35. The summed E-state index contributed by atoms with van der Waals surface area (Å²) in [5.74, 6) is -0.550. The second-order valence-electron chi connectivity index (χ2n) is 5.99. The van der Waals surface area contributed by atoms with Gasteiger partial charge in [-0.3, -0.25) is 0 Å². The number of ether oxygens (including phenoxy) is 1. The van der Waals surface area contributed by atoms with Crippen LogP contribution in [0.25, 0.3) is 0 Å². The van der Waals surface area contributed by atoms with Gasteiger partial charge in [0.2, 0.25) is 10.0 Å². The first-order chi connectivity index (χ1) is 10.4. The SMILES string of the molecule is COc1ccc(S(=O)(=O)N2CCC3CCC(C2)N3)c(C)c1F.Cl. The van der Waals surface area contributed by atoms with Gasteiger partial charge in [-0.25, -0.2) is 12.8 Å². The fourth-order valence-corrected chi connectivity index (χ4v) is 5.06. The van der Waals surface area contributed by atoms with Gasteiger partial charge < -0.3 is 10.1 Å².